The van der Waals surface area contributed by atoms with E-state index in [1.165, 1.54) is 0 Å². The lowest BCUT2D eigenvalue weighted by Gasteiger charge is -2.31. The largest absolute Gasteiger partial charge is 0.588 e. The Morgan fingerprint density at radius 3 is 2.55 bits per heavy atom. The Bertz CT molecular complexity index is 1120. The molecule has 8 heteroatoms. The maximum atomic E-state index is 13.2. The molecular weight excluding hydrogens is 436 g/mol. The molecule has 1 aliphatic heterocycles. The number of carbonyl (C=O) groups is 1. The average molecular weight is 465 g/mol. The summed E-state index contributed by atoms with van der Waals surface area (Å²) in [5.41, 5.74) is 9.56. The van der Waals surface area contributed by atoms with Crippen molar-refractivity contribution in [1.29, 1.82) is 0 Å². The fourth-order valence-corrected chi connectivity index (χ4v) is 4.63. The highest BCUT2D eigenvalue weighted by molar-refractivity contribution is 7.92. The molecule has 33 heavy (non-hydrogen) atoms. The molecule has 3 aromatic rings. The number of hydrogen-bond donors (Lipinski definition) is 3. The van der Waals surface area contributed by atoms with Crippen LogP contribution >= 0.6 is 0 Å². The Morgan fingerprint density at radius 1 is 1.06 bits per heavy atom. The van der Waals surface area contributed by atoms with Gasteiger partial charge in [0.05, 0.1) is 12.8 Å². The molecule has 172 valence electrons. The molecule has 0 bridgehead atoms. The minimum absolute atomic E-state index is 0.0465. The molecule has 7 nitrogen and oxygen atoms in total. The van der Waals surface area contributed by atoms with E-state index in [1.807, 2.05) is 65.6 Å². The van der Waals surface area contributed by atoms with Gasteiger partial charge in [-0.25, -0.2) is 4.72 Å². The highest BCUT2D eigenvalue weighted by Gasteiger charge is 2.23. The van der Waals surface area contributed by atoms with Crippen molar-refractivity contribution >= 4 is 28.6 Å². The second-order valence-corrected chi connectivity index (χ2v) is 8.94. The third kappa shape index (κ3) is 5.42. The topological polar surface area (TPSA) is 103 Å². The van der Waals surface area contributed by atoms with Crippen LogP contribution in [0.25, 0.3) is 11.1 Å². The maximum absolute atomic E-state index is 13.2. The summed E-state index contributed by atoms with van der Waals surface area (Å²) in [7, 11) is 1.55. The summed E-state index contributed by atoms with van der Waals surface area (Å²) >= 11 is -1.56. The Kier molecular flexibility index (Phi) is 7.39. The van der Waals surface area contributed by atoms with Crippen molar-refractivity contribution in [2.24, 2.45) is 5.73 Å². The van der Waals surface area contributed by atoms with Crippen LogP contribution in [0.4, 0.5) is 11.4 Å². The van der Waals surface area contributed by atoms with Crippen molar-refractivity contribution in [2.45, 2.75) is 11.3 Å². The maximum Gasteiger partial charge on any atom is 0.253 e. The monoisotopic (exact) mass is 464 g/mol. The third-order valence-corrected chi connectivity index (χ3v) is 6.64. The van der Waals surface area contributed by atoms with Gasteiger partial charge in [0.15, 0.2) is 5.75 Å². The highest BCUT2D eigenvalue weighted by atomic mass is 32.2. The molecule has 1 aliphatic rings. The standard InChI is InChI=1S/C25H28N4O3S/c1-32-23-10-9-19(18-5-2-6-20(15-18)25(30)29-13-4-14-29)16-24(23)33(31)28-22-8-3-7-21(17-22)27-12-11-26/h2-3,5-10,15-17,27-28H,4,11-14,26H2,1H3. The first-order valence-corrected chi connectivity index (χ1v) is 12.0. The predicted molar refractivity (Wildman–Crippen MR) is 133 cm³/mol. The van der Waals surface area contributed by atoms with E-state index in [1.54, 1.807) is 13.2 Å². The van der Waals surface area contributed by atoms with E-state index >= 15 is 0 Å². The van der Waals surface area contributed by atoms with E-state index in [0.29, 0.717) is 35.0 Å². The van der Waals surface area contributed by atoms with Crippen molar-refractivity contribution in [3.63, 3.8) is 0 Å². The van der Waals surface area contributed by atoms with E-state index < -0.39 is 11.4 Å². The van der Waals surface area contributed by atoms with Crippen LogP contribution in [0.1, 0.15) is 16.8 Å². The lowest BCUT2D eigenvalue weighted by molar-refractivity contribution is 0.0652. The molecule has 1 saturated heterocycles. The molecule has 1 fully saturated rings. The second-order valence-electron chi connectivity index (χ2n) is 7.76. The van der Waals surface area contributed by atoms with Crippen LogP contribution in [0, 0.1) is 0 Å². The number of hydrogen-bond acceptors (Lipinski definition) is 6. The number of nitrogens with one attached hydrogen (secondary N) is 2. The van der Waals surface area contributed by atoms with Gasteiger partial charge in [0, 0.05) is 43.5 Å². The second kappa shape index (κ2) is 10.6. The van der Waals surface area contributed by atoms with Crippen molar-refractivity contribution in [1.82, 2.24) is 4.90 Å². The summed E-state index contributed by atoms with van der Waals surface area (Å²) in [5.74, 6) is 0.569. The number of nitrogens with zero attached hydrogens (tertiary/aromatic N) is 1. The van der Waals surface area contributed by atoms with E-state index in [0.717, 1.165) is 36.3 Å². The Labute approximate surface area is 197 Å². The van der Waals surface area contributed by atoms with E-state index in [2.05, 4.69) is 10.0 Å². The zero-order valence-corrected chi connectivity index (χ0v) is 19.4. The molecule has 1 heterocycles. The van der Waals surface area contributed by atoms with Crippen molar-refractivity contribution < 1.29 is 14.1 Å². The number of amides is 1. The van der Waals surface area contributed by atoms with Gasteiger partial charge in [-0.15, -0.1) is 0 Å². The van der Waals surface area contributed by atoms with Gasteiger partial charge in [0.2, 0.25) is 4.90 Å². The number of methoxy groups -OCH3 is 1. The van der Waals surface area contributed by atoms with E-state index in [4.69, 9.17) is 10.5 Å². The van der Waals surface area contributed by atoms with Gasteiger partial charge in [0.25, 0.3) is 5.91 Å². The summed E-state index contributed by atoms with van der Waals surface area (Å²) in [6, 6.07) is 20.6. The number of ether oxygens (including phenoxy) is 1. The first-order valence-electron chi connectivity index (χ1n) is 10.9. The van der Waals surface area contributed by atoms with Crippen LogP contribution in [0.2, 0.25) is 0 Å². The SMILES string of the molecule is COc1ccc(-c2cccc(C(=O)N3CCC3)c2)cc1[S+]([O-])Nc1cccc(NCCN)c1. The molecule has 0 saturated carbocycles. The molecule has 0 aliphatic carbocycles. The zero-order valence-electron chi connectivity index (χ0n) is 18.5. The Morgan fingerprint density at radius 2 is 1.82 bits per heavy atom. The Balaban J connectivity index is 1.57. The van der Waals surface area contributed by atoms with Crippen LogP contribution < -0.4 is 20.5 Å². The van der Waals surface area contributed by atoms with Gasteiger partial charge >= 0.3 is 0 Å². The molecule has 0 radical (unpaired) electrons. The van der Waals surface area contributed by atoms with Gasteiger partial charge in [-0.1, -0.05) is 24.3 Å². The van der Waals surface area contributed by atoms with Gasteiger partial charge in [-0.3, -0.25) is 4.79 Å². The van der Waals surface area contributed by atoms with Gasteiger partial charge in [-0.05, 0) is 53.9 Å². The molecule has 0 spiro atoms. The lowest BCUT2D eigenvalue weighted by Crippen LogP contribution is -2.41. The zero-order chi connectivity index (χ0) is 23.2. The summed E-state index contributed by atoms with van der Waals surface area (Å²) in [6.45, 7) is 2.80. The molecule has 4 rings (SSSR count). The first-order chi connectivity index (χ1) is 16.1. The van der Waals surface area contributed by atoms with Crippen LogP contribution in [0.15, 0.2) is 71.6 Å². The molecule has 0 aromatic heterocycles. The number of benzene rings is 3. The average Bonchev–Trinajstić information content (AvgIpc) is 2.81. The van der Waals surface area contributed by atoms with Crippen LogP contribution in [0.5, 0.6) is 5.75 Å². The molecular formula is C25H28N4O3S. The lowest BCUT2D eigenvalue weighted by atomic mass is 10.0. The van der Waals surface area contributed by atoms with Gasteiger partial charge < -0.3 is 25.2 Å². The number of carbonyl (C=O) groups excluding carboxylic acids is 1. The third-order valence-electron chi connectivity index (χ3n) is 5.50. The summed E-state index contributed by atoms with van der Waals surface area (Å²) < 4.78 is 21.7. The minimum atomic E-state index is -1.56. The number of likely N-dealkylation sites (tertiary alicyclic amines) is 1. The summed E-state index contributed by atoms with van der Waals surface area (Å²) in [4.78, 5) is 15.0. The Hall–Kier alpha value is -3.20. The van der Waals surface area contributed by atoms with E-state index in [-0.39, 0.29) is 5.91 Å². The quantitative estimate of drug-likeness (QED) is 0.417. The van der Waals surface area contributed by atoms with Crippen molar-refractivity contribution in [2.75, 3.05) is 43.3 Å². The van der Waals surface area contributed by atoms with Crippen LogP contribution in [-0.2, 0) is 11.4 Å². The number of nitrogens with two attached hydrogens (primary N) is 1. The smallest absolute Gasteiger partial charge is 0.253 e. The van der Waals surface area contributed by atoms with Crippen molar-refractivity contribution in [3.8, 4) is 16.9 Å². The van der Waals surface area contributed by atoms with Crippen molar-refractivity contribution in [3.05, 3.63) is 72.3 Å². The van der Waals surface area contributed by atoms with Gasteiger partial charge in [0.1, 0.15) is 11.4 Å². The molecule has 1 atom stereocenters. The number of rotatable bonds is 9. The molecule has 1 unspecified atom stereocenters. The molecule has 3 aromatic carbocycles. The first kappa shape index (κ1) is 23.0. The van der Waals surface area contributed by atoms with Crippen LogP contribution in [0.3, 0.4) is 0 Å². The van der Waals surface area contributed by atoms with Gasteiger partial charge in [-0.2, -0.15) is 0 Å². The normalized spacial score (nSPS) is 13.7. The number of anilines is 2. The molecule has 1 amide bonds. The fourth-order valence-electron chi connectivity index (χ4n) is 3.61. The highest BCUT2D eigenvalue weighted by Crippen LogP contribution is 2.32. The summed E-state index contributed by atoms with van der Waals surface area (Å²) in [5, 5.41) is 3.21. The van der Waals surface area contributed by atoms with Crippen LogP contribution in [-0.4, -0.2) is 48.6 Å². The summed E-state index contributed by atoms with van der Waals surface area (Å²) in [6.07, 6.45) is 1.05. The predicted octanol–water partition coefficient (Wildman–Crippen LogP) is 3.71. The fraction of sp³-hybridized carbons (Fsp3) is 0.240. The van der Waals surface area contributed by atoms with E-state index in [9.17, 15) is 9.35 Å². The minimum Gasteiger partial charge on any atom is -0.588 e. The molecule has 4 N–H and O–H groups in total.